The van der Waals surface area contributed by atoms with Crippen LogP contribution in [0, 0.1) is 5.92 Å². The lowest BCUT2D eigenvalue weighted by atomic mass is 9.73. The number of hydrogen-bond acceptors (Lipinski definition) is 8. The van der Waals surface area contributed by atoms with Crippen molar-refractivity contribution < 1.29 is 10.2 Å². The molecular formula is C25H22N6O2-2. The Balaban J connectivity index is 1.26. The van der Waals surface area contributed by atoms with Crippen molar-refractivity contribution >= 4 is 39.3 Å². The van der Waals surface area contributed by atoms with Crippen molar-refractivity contribution in [2.24, 2.45) is 5.92 Å². The fourth-order valence-electron chi connectivity index (χ4n) is 4.73. The molecule has 2 aromatic carbocycles. The maximum atomic E-state index is 13.1. The van der Waals surface area contributed by atoms with E-state index in [9.17, 15) is 10.2 Å². The molecule has 0 saturated heterocycles. The van der Waals surface area contributed by atoms with Crippen LogP contribution >= 0.6 is 0 Å². The van der Waals surface area contributed by atoms with Crippen LogP contribution < -0.4 is 25.3 Å². The number of anilines is 3. The van der Waals surface area contributed by atoms with Crippen molar-refractivity contribution in [1.82, 2.24) is 15.0 Å². The van der Waals surface area contributed by atoms with Gasteiger partial charge in [0.25, 0.3) is 0 Å². The molecule has 2 aromatic heterocycles. The van der Waals surface area contributed by atoms with Crippen LogP contribution in [0.4, 0.5) is 17.3 Å². The zero-order chi connectivity index (χ0) is 22.7. The summed E-state index contributed by atoms with van der Waals surface area (Å²) in [6.07, 6.45) is 1.36. The zero-order valence-corrected chi connectivity index (χ0v) is 18.2. The number of rotatable bonds is 3. The van der Waals surface area contributed by atoms with Crippen LogP contribution in [0.3, 0.4) is 0 Å². The molecule has 2 unspecified atom stereocenters. The number of hydrogen-bond donors (Lipinski definition) is 1. The number of para-hydroxylation sites is 3. The van der Waals surface area contributed by atoms with Crippen molar-refractivity contribution in [3.8, 4) is 0 Å². The summed E-state index contributed by atoms with van der Waals surface area (Å²) in [7, 11) is 3.76. The average Bonchev–Trinajstić information content (AvgIpc) is 3.08. The SMILES string of the molecule is CN1C(=CC2C([O-])C(Nc3cccc4cccnc34)C2[O-])N(C)c2nc3ccccc3nc21. The maximum absolute atomic E-state index is 13.1. The van der Waals surface area contributed by atoms with Crippen LogP contribution in [-0.2, 0) is 0 Å². The van der Waals surface area contributed by atoms with E-state index >= 15 is 0 Å². The molecule has 8 nitrogen and oxygen atoms in total. The third-order valence-electron chi connectivity index (χ3n) is 6.62. The smallest absolute Gasteiger partial charge is 0.178 e. The minimum atomic E-state index is -1.07. The molecule has 1 fully saturated rings. The quantitative estimate of drug-likeness (QED) is 0.513. The van der Waals surface area contributed by atoms with Gasteiger partial charge in [0, 0.05) is 31.7 Å². The molecule has 1 aliphatic heterocycles. The molecule has 166 valence electrons. The Morgan fingerprint density at radius 3 is 2.15 bits per heavy atom. The van der Waals surface area contributed by atoms with E-state index in [-0.39, 0.29) is 0 Å². The van der Waals surface area contributed by atoms with Crippen molar-refractivity contribution in [2.45, 2.75) is 18.2 Å². The van der Waals surface area contributed by atoms with Gasteiger partial charge < -0.3 is 25.3 Å². The van der Waals surface area contributed by atoms with Crippen molar-refractivity contribution in [3.05, 3.63) is 72.7 Å². The van der Waals surface area contributed by atoms with E-state index in [0.29, 0.717) is 17.3 Å². The number of benzene rings is 2. The highest BCUT2D eigenvalue weighted by Gasteiger charge is 2.38. The first-order valence-electron chi connectivity index (χ1n) is 10.9. The van der Waals surface area contributed by atoms with E-state index in [1.54, 1.807) is 12.3 Å². The van der Waals surface area contributed by atoms with Crippen LogP contribution in [0.5, 0.6) is 0 Å². The van der Waals surface area contributed by atoms with Gasteiger partial charge in [-0.2, -0.15) is 0 Å². The molecule has 6 rings (SSSR count). The topological polar surface area (TPSA) is 103 Å². The van der Waals surface area contributed by atoms with E-state index in [2.05, 4.69) is 10.3 Å². The summed E-state index contributed by atoms with van der Waals surface area (Å²) in [5.41, 5.74) is 3.08. The molecule has 8 heteroatoms. The average molecular weight is 438 g/mol. The van der Waals surface area contributed by atoms with Gasteiger partial charge in [-0.05, 0) is 36.3 Å². The van der Waals surface area contributed by atoms with E-state index in [1.165, 1.54) is 0 Å². The predicted molar refractivity (Wildman–Crippen MR) is 125 cm³/mol. The molecule has 1 saturated carbocycles. The Hall–Kier alpha value is -3.75. The highest BCUT2D eigenvalue weighted by molar-refractivity contribution is 5.90. The van der Waals surface area contributed by atoms with Crippen LogP contribution in [0.25, 0.3) is 21.9 Å². The van der Waals surface area contributed by atoms with E-state index < -0.39 is 24.2 Å². The third-order valence-corrected chi connectivity index (χ3v) is 6.62. The van der Waals surface area contributed by atoms with Crippen LogP contribution in [0.15, 0.2) is 72.7 Å². The molecule has 2 atom stereocenters. The molecule has 2 aliphatic rings. The lowest BCUT2D eigenvalue weighted by molar-refractivity contribution is -0.537. The van der Waals surface area contributed by atoms with E-state index in [1.807, 2.05) is 78.5 Å². The first-order valence-corrected chi connectivity index (χ1v) is 10.9. The summed E-state index contributed by atoms with van der Waals surface area (Å²) in [5.74, 6) is 1.53. The number of pyridine rings is 1. The summed E-state index contributed by atoms with van der Waals surface area (Å²) in [6, 6.07) is 16.5. The summed E-state index contributed by atoms with van der Waals surface area (Å²) >= 11 is 0. The van der Waals surface area contributed by atoms with Crippen LogP contribution in [-0.4, -0.2) is 47.3 Å². The Morgan fingerprint density at radius 2 is 1.48 bits per heavy atom. The summed E-state index contributed by atoms with van der Waals surface area (Å²) in [4.78, 5) is 17.7. The highest BCUT2D eigenvalue weighted by atomic mass is 16.3. The Morgan fingerprint density at radius 1 is 0.848 bits per heavy atom. The zero-order valence-electron chi connectivity index (χ0n) is 18.2. The second kappa shape index (κ2) is 7.40. The first-order chi connectivity index (χ1) is 16.0. The fourth-order valence-corrected chi connectivity index (χ4v) is 4.73. The second-order valence-corrected chi connectivity index (χ2v) is 8.56. The van der Waals surface area contributed by atoms with Crippen molar-refractivity contribution in [3.63, 3.8) is 0 Å². The van der Waals surface area contributed by atoms with Gasteiger partial charge in [-0.3, -0.25) is 4.98 Å². The van der Waals surface area contributed by atoms with Crippen molar-refractivity contribution in [2.75, 3.05) is 29.2 Å². The first kappa shape index (κ1) is 19.9. The van der Waals surface area contributed by atoms with Gasteiger partial charge in [-0.1, -0.05) is 30.3 Å². The molecule has 1 aliphatic carbocycles. The Labute approximate surface area is 190 Å². The lowest BCUT2D eigenvalue weighted by Gasteiger charge is -2.60. The van der Waals surface area contributed by atoms with Gasteiger partial charge in [0.05, 0.1) is 22.2 Å². The maximum Gasteiger partial charge on any atom is 0.178 e. The predicted octanol–water partition coefficient (Wildman–Crippen LogP) is 1.47. The number of fused-ring (bicyclic) bond motifs is 3. The van der Waals surface area contributed by atoms with Crippen LogP contribution in [0.2, 0.25) is 0 Å². The monoisotopic (exact) mass is 438 g/mol. The molecule has 4 aromatic rings. The standard InChI is InChI=1S/C25H22N6O2/c1-30-19(31(2)25-24(30)28-16-9-3-4-10-17(16)29-25)13-15-22(32)21(23(15)33)27-18-11-5-7-14-8-6-12-26-20(14)18/h3-13,15,21-23,27H,1-2H3/q-2. The minimum Gasteiger partial charge on any atom is -0.850 e. The molecule has 0 bridgehead atoms. The summed E-state index contributed by atoms with van der Waals surface area (Å²) in [6.45, 7) is 0. The van der Waals surface area contributed by atoms with Crippen LogP contribution in [0.1, 0.15) is 0 Å². The largest absolute Gasteiger partial charge is 0.850 e. The number of aromatic nitrogens is 3. The molecule has 0 amide bonds. The molecule has 33 heavy (non-hydrogen) atoms. The Bertz CT molecular complexity index is 1340. The normalized spacial score (nSPS) is 24.2. The van der Waals surface area contributed by atoms with Gasteiger partial charge in [0.1, 0.15) is 5.82 Å². The van der Waals surface area contributed by atoms with Gasteiger partial charge in [0.15, 0.2) is 11.6 Å². The van der Waals surface area contributed by atoms with E-state index in [4.69, 9.17) is 9.97 Å². The number of nitrogens with zero attached hydrogens (tertiary/aromatic N) is 5. The minimum absolute atomic E-state index is 0.644. The highest BCUT2D eigenvalue weighted by Crippen LogP contribution is 2.40. The van der Waals surface area contributed by atoms with Gasteiger partial charge in [-0.15, -0.1) is 12.2 Å². The van der Waals surface area contributed by atoms with Gasteiger partial charge in [0.2, 0.25) is 0 Å². The Kier molecular flexibility index (Phi) is 4.46. The molecule has 1 N–H and O–H groups in total. The molecule has 3 heterocycles. The molecule has 0 spiro atoms. The van der Waals surface area contributed by atoms with Gasteiger partial charge >= 0.3 is 0 Å². The van der Waals surface area contributed by atoms with Crippen molar-refractivity contribution in [1.29, 1.82) is 0 Å². The van der Waals surface area contributed by atoms with E-state index in [0.717, 1.165) is 27.8 Å². The molecule has 0 radical (unpaired) electrons. The fraction of sp³-hybridized carbons (Fsp3) is 0.240. The second-order valence-electron chi connectivity index (χ2n) is 8.56. The molecular weight excluding hydrogens is 416 g/mol. The van der Waals surface area contributed by atoms with Gasteiger partial charge in [-0.25, -0.2) is 9.97 Å². The third kappa shape index (κ3) is 3.02. The number of nitrogens with one attached hydrogen (secondary N) is 1. The summed E-state index contributed by atoms with van der Waals surface area (Å²) in [5, 5.41) is 30.3. The lowest BCUT2D eigenvalue weighted by Crippen LogP contribution is -2.72. The summed E-state index contributed by atoms with van der Waals surface area (Å²) < 4.78 is 0.